The van der Waals surface area contributed by atoms with E-state index in [4.69, 9.17) is 22.1 Å². The number of hydrogen-bond acceptors (Lipinski definition) is 6. The number of hydrogen-bond donors (Lipinski definition) is 0. The van der Waals surface area contributed by atoms with Crippen molar-refractivity contribution in [1.29, 1.82) is 0 Å². The van der Waals surface area contributed by atoms with Gasteiger partial charge in [0.05, 0.1) is 6.61 Å². The van der Waals surface area contributed by atoms with Crippen LogP contribution in [0.5, 0.6) is 0 Å². The molecule has 1 rings (SSSR count). The largest absolute Gasteiger partial charge is 0.508 e. The van der Waals surface area contributed by atoms with Crippen molar-refractivity contribution in [2.75, 3.05) is 13.2 Å². The van der Waals surface area contributed by atoms with Crippen molar-refractivity contribution in [3.8, 4) is 0 Å². The van der Waals surface area contributed by atoms with Crippen LogP contribution in [0.4, 0.5) is 4.79 Å². The van der Waals surface area contributed by atoms with Crippen molar-refractivity contribution < 1.29 is 26.9 Å². The Hall–Kier alpha value is -0.199. The number of rotatable bonds is 7. The summed E-state index contributed by atoms with van der Waals surface area (Å²) in [6.45, 7) is 15.0. The predicted molar refractivity (Wildman–Crippen MR) is 82.7 cm³/mol. The first-order valence-electron chi connectivity index (χ1n) is 6.76. The fourth-order valence-electron chi connectivity index (χ4n) is 1.88. The van der Waals surface area contributed by atoms with Crippen LogP contribution in [0.2, 0.25) is 45.8 Å². The average Bonchev–Trinajstić information content (AvgIpc) is 2.55. The van der Waals surface area contributed by atoms with Gasteiger partial charge < -0.3 is 22.1 Å². The van der Waals surface area contributed by atoms with Crippen LogP contribution in [0.1, 0.15) is 0 Å². The second kappa shape index (κ2) is 6.28. The first-order chi connectivity index (χ1) is 8.89. The van der Waals surface area contributed by atoms with Crippen molar-refractivity contribution in [2.45, 2.75) is 51.9 Å². The maximum Gasteiger partial charge on any atom is 0.508 e. The summed E-state index contributed by atoms with van der Waals surface area (Å²) < 4.78 is 28.0. The monoisotopic (exact) mass is 338 g/mol. The fourth-order valence-corrected chi connectivity index (χ4v) is 12.3. The molecule has 118 valence electrons. The fraction of sp³-hybridized carbons (Fsp3) is 0.909. The summed E-state index contributed by atoms with van der Waals surface area (Å²) in [7, 11) is -6.31. The summed E-state index contributed by atoms with van der Waals surface area (Å²) in [4.78, 5) is 10.9. The second-order valence-corrected chi connectivity index (χ2v) is 19.0. The predicted octanol–water partition coefficient (Wildman–Crippen LogP) is 2.81. The lowest BCUT2D eigenvalue weighted by Gasteiger charge is -2.37. The van der Waals surface area contributed by atoms with Crippen molar-refractivity contribution in [1.82, 2.24) is 0 Å². The molecule has 0 aromatic rings. The Morgan fingerprint density at radius 3 is 1.90 bits per heavy atom. The van der Waals surface area contributed by atoms with Crippen molar-refractivity contribution in [2.24, 2.45) is 0 Å². The molecule has 20 heavy (non-hydrogen) atoms. The number of carbonyl (C=O) groups is 1. The molecule has 1 heterocycles. The third kappa shape index (κ3) is 7.00. The summed E-state index contributed by atoms with van der Waals surface area (Å²) in [5.41, 5.74) is 0. The van der Waals surface area contributed by atoms with Crippen LogP contribution < -0.4 is 0 Å². The van der Waals surface area contributed by atoms with Gasteiger partial charge in [-0.25, -0.2) is 4.79 Å². The molecule has 1 aliphatic heterocycles. The third-order valence-corrected chi connectivity index (χ3v) is 10.7. The van der Waals surface area contributed by atoms with Gasteiger partial charge in [-0.1, -0.05) is 0 Å². The number of cyclic esters (lactones) is 2. The molecule has 0 saturated carbocycles. The zero-order valence-electron chi connectivity index (χ0n) is 13.4. The van der Waals surface area contributed by atoms with Crippen molar-refractivity contribution in [3.63, 3.8) is 0 Å². The molecular formula is C11H26O6Si3. The Bertz CT molecular complexity index is 333. The molecule has 0 aromatic heterocycles. The maximum atomic E-state index is 10.9. The van der Waals surface area contributed by atoms with E-state index < -0.39 is 31.6 Å². The Labute approximate surface area is 124 Å². The minimum absolute atomic E-state index is 0.225. The van der Waals surface area contributed by atoms with Gasteiger partial charge in [0, 0.05) is 6.55 Å². The van der Waals surface area contributed by atoms with Crippen LogP contribution in [0, 0.1) is 0 Å². The lowest BCUT2D eigenvalue weighted by molar-refractivity contribution is 0.0737. The third-order valence-electron chi connectivity index (χ3n) is 2.16. The van der Waals surface area contributed by atoms with Gasteiger partial charge in [0.1, 0.15) is 6.61 Å². The van der Waals surface area contributed by atoms with E-state index in [1.165, 1.54) is 0 Å². The summed E-state index contributed by atoms with van der Waals surface area (Å²) in [6, 6.07) is 0. The summed E-state index contributed by atoms with van der Waals surface area (Å²) in [5.74, 6) is 0. The van der Waals surface area contributed by atoms with Crippen molar-refractivity contribution >= 4 is 31.6 Å². The zero-order valence-corrected chi connectivity index (χ0v) is 16.4. The molecule has 0 radical (unpaired) electrons. The first kappa shape index (κ1) is 17.9. The average molecular weight is 339 g/mol. The number of carbonyl (C=O) groups excluding carboxylic acids is 1. The van der Waals surface area contributed by atoms with E-state index in [1.54, 1.807) is 0 Å². The Morgan fingerprint density at radius 1 is 1.05 bits per heavy atom. The number of ether oxygens (including phenoxy) is 2. The molecule has 0 spiro atoms. The zero-order chi connectivity index (χ0) is 15.6. The quantitative estimate of drug-likeness (QED) is 0.525. The van der Waals surface area contributed by atoms with Crippen LogP contribution in [0.15, 0.2) is 0 Å². The first-order valence-corrected chi connectivity index (χ1v) is 15.8. The van der Waals surface area contributed by atoms with Gasteiger partial charge in [-0.15, -0.1) is 0 Å². The van der Waals surface area contributed by atoms with Gasteiger partial charge in [-0.05, 0) is 39.3 Å². The molecule has 1 unspecified atom stereocenters. The van der Waals surface area contributed by atoms with E-state index >= 15 is 0 Å². The highest BCUT2D eigenvalue weighted by Crippen LogP contribution is 2.22. The molecule has 0 N–H and O–H groups in total. The molecule has 1 aliphatic rings. The SMILES string of the molecule is C[Si](C)(C)O[Si](C)(OCC1COC(=O)O1)O[Si](C)(C)C. The summed E-state index contributed by atoms with van der Waals surface area (Å²) >= 11 is 0. The minimum atomic E-state index is -2.73. The molecule has 0 aliphatic carbocycles. The molecule has 9 heteroatoms. The Morgan fingerprint density at radius 2 is 1.55 bits per heavy atom. The maximum absolute atomic E-state index is 10.9. The normalized spacial score (nSPS) is 20.8. The van der Waals surface area contributed by atoms with Gasteiger partial charge in [-0.3, -0.25) is 0 Å². The molecular weight excluding hydrogens is 312 g/mol. The Kier molecular flexibility index (Phi) is 5.60. The standard InChI is InChI=1S/C11H26O6Si3/c1-18(2,3)16-20(7,17-19(4,5)6)14-9-10-8-13-11(12)15-10/h10H,8-9H2,1-7H3. The van der Waals surface area contributed by atoms with E-state index in [0.29, 0.717) is 0 Å². The Balaban J connectivity index is 2.64. The van der Waals surface area contributed by atoms with Gasteiger partial charge in [-0.2, -0.15) is 0 Å². The van der Waals surface area contributed by atoms with Crippen LogP contribution in [0.25, 0.3) is 0 Å². The highest BCUT2D eigenvalue weighted by atomic mass is 28.5. The highest BCUT2D eigenvalue weighted by Gasteiger charge is 2.44. The molecule has 0 amide bonds. The minimum Gasteiger partial charge on any atom is -0.430 e. The van der Waals surface area contributed by atoms with Gasteiger partial charge in [0.2, 0.25) is 0 Å². The molecule has 1 atom stereocenters. The van der Waals surface area contributed by atoms with Crippen LogP contribution in [-0.2, 0) is 22.1 Å². The van der Waals surface area contributed by atoms with Crippen molar-refractivity contribution in [3.05, 3.63) is 0 Å². The summed E-state index contributed by atoms with van der Waals surface area (Å²) in [6.07, 6.45) is -1.01. The molecule has 6 nitrogen and oxygen atoms in total. The van der Waals surface area contributed by atoms with E-state index in [2.05, 4.69) is 39.3 Å². The van der Waals surface area contributed by atoms with Crippen LogP contribution >= 0.6 is 0 Å². The molecule has 0 bridgehead atoms. The van der Waals surface area contributed by atoms with Gasteiger partial charge >= 0.3 is 15.0 Å². The topological polar surface area (TPSA) is 63.2 Å². The van der Waals surface area contributed by atoms with E-state index in [1.807, 2.05) is 6.55 Å². The van der Waals surface area contributed by atoms with Crippen LogP contribution in [0.3, 0.4) is 0 Å². The van der Waals surface area contributed by atoms with E-state index in [-0.39, 0.29) is 19.3 Å². The second-order valence-electron chi connectivity index (χ2n) is 6.90. The smallest absolute Gasteiger partial charge is 0.430 e. The molecule has 1 fully saturated rings. The summed E-state index contributed by atoms with van der Waals surface area (Å²) in [5, 5.41) is 0. The van der Waals surface area contributed by atoms with Gasteiger partial charge in [0.25, 0.3) is 0 Å². The highest BCUT2D eigenvalue weighted by molar-refractivity contribution is 6.85. The molecule has 1 saturated heterocycles. The lowest BCUT2D eigenvalue weighted by atomic mass is 10.4. The van der Waals surface area contributed by atoms with Crippen LogP contribution in [-0.4, -0.2) is 50.9 Å². The van der Waals surface area contributed by atoms with Gasteiger partial charge in [0.15, 0.2) is 22.7 Å². The molecule has 0 aromatic carbocycles. The lowest BCUT2D eigenvalue weighted by Crippen LogP contribution is -2.55. The van der Waals surface area contributed by atoms with E-state index in [9.17, 15) is 4.79 Å². The van der Waals surface area contributed by atoms with E-state index in [0.717, 1.165) is 0 Å².